The minimum atomic E-state index is 0.213. The van der Waals surface area contributed by atoms with Crippen molar-refractivity contribution in [2.45, 2.75) is 0 Å². The molecule has 0 radical (unpaired) electrons. The quantitative estimate of drug-likeness (QED) is 0.570. The molecular formula is C18H21NO4. The molecule has 122 valence electrons. The number of benzene rings is 2. The normalized spacial score (nSPS) is 11.0. The van der Waals surface area contributed by atoms with Crippen LogP contribution in [-0.4, -0.2) is 44.9 Å². The summed E-state index contributed by atoms with van der Waals surface area (Å²) in [5.41, 5.74) is 1.47. The fourth-order valence-corrected chi connectivity index (χ4v) is 1.83. The van der Waals surface area contributed by atoms with Crippen molar-refractivity contribution in [1.29, 1.82) is 0 Å². The maximum atomic E-state index is 9.68. The molecule has 0 saturated carbocycles. The third kappa shape index (κ3) is 6.10. The van der Waals surface area contributed by atoms with E-state index in [-0.39, 0.29) is 5.75 Å². The highest BCUT2D eigenvalue weighted by atomic mass is 16.5. The molecule has 23 heavy (non-hydrogen) atoms. The first-order valence-corrected chi connectivity index (χ1v) is 7.41. The lowest BCUT2D eigenvalue weighted by atomic mass is 10.2. The molecule has 1 N–H and O–H groups in total. The largest absolute Gasteiger partial charge is 0.507 e. The van der Waals surface area contributed by atoms with Gasteiger partial charge in [-0.3, -0.25) is 4.99 Å². The Labute approximate surface area is 136 Å². The topological polar surface area (TPSA) is 60.3 Å². The first kappa shape index (κ1) is 17.0. The SMILES string of the molecule is COCCOCCOc1ccc(N=Cc2ccccc2O)cc1. The zero-order valence-electron chi connectivity index (χ0n) is 13.1. The van der Waals surface area contributed by atoms with Gasteiger partial charge in [0.25, 0.3) is 0 Å². The van der Waals surface area contributed by atoms with E-state index in [9.17, 15) is 5.11 Å². The maximum absolute atomic E-state index is 9.68. The standard InChI is InChI=1S/C18H21NO4/c1-21-10-11-22-12-13-23-17-8-6-16(7-9-17)19-14-15-4-2-3-5-18(15)20/h2-9,14,20H,10-13H2,1H3. The van der Waals surface area contributed by atoms with Crippen LogP contribution in [0.3, 0.4) is 0 Å². The van der Waals surface area contributed by atoms with Crippen LogP contribution in [0.2, 0.25) is 0 Å². The second-order valence-electron chi connectivity index (χ2n) is 4.76. The van der Waals surface area contributed by atoms with E-state index >= 15 is 0 Å². The number of phenols is 1. The highest BCUT2D eigenvalue weighted by Crippen LogP contribution is 2.19. The Morgan fingerprint density at radius 1 is 0.957 bits per heavy atom. The number of hydrogen-bond donors (Lipinski definition) is 1. The predicted molar refractivity (Wildman–Crippen MR) is 90.0 cm³/mol. The number of phenolic OH excluding ortho intramolecular Hbond substituents is 1. The second-order valence-corrected chi connectivity index (χ2v) is 4.76. The van der Waals surface area contributed by atoms with Gasteiger partial charge in [-0.25, -0.2) is 0 Å². The summed E-state index contributed by atoms with van der Waals surface area (Å²) < 4.78 is 15.8. The van der Waals surface area contributed by atoms with E-state index < -0.39 is 0 Å². The summed E-state index contributed by atoms with van der Waals surface area (Å²) in [6, 6.07) is 14.5. The van der Waals surface area contributed by atoms with Gasteiger partial charge >= 0.3 is 0 Å². The van der Waals surface area contributed by atoms with Crippen molar-refractivity contribution in [2.75, 3.05) is 33.5 Å². The number of aromatic hydroxyl groups is 1. The monoisotopic (exact) mass is 315 g/mol. The molecule has 5 heteroatoms. The Balaban J connectivity index is 1.79. The number of aliphatic imine (C=N–C) groups is 1. The summed E-state index contributed by atoms with van der Waals surface area (Å²) in [7, 11) is 1.64. The lowest BCUT2D eigenvalue weighted by molar-refractivity contribution is 0.0544. The second kappa shape index (κ2) is 9.61. The number of para-hydroxylation sites is 1. The maximum Gasteiger partial charge on any atom is 0.124 e. The fourth-order valence-electron chi connectivity index (χ4n) is 1.83. The molecule has 0 bridgehead atoms. The minimum absolute atomic E-state index is 0.213. The van der Waals surface area contributed by atoms with Gasteiger partial charge in [-0.15, -0.1) is 0 Å². The molecule has 0 aromatic heterocycles. The van der Waals surface area contributed by atoms with Crippen molar-refractivity contribution in [3.05, 3.63) is 54.1 Å². The molecule has 2 rings (SSSR count). The minimum Gasteiger partial charge on any atom is -0.507 e. The molecule has 0 amide bonds. The zero-order valence-corrected chi connectivity index (χ0v) is 13.1. The van der Waals surface area contributed by atoms with Crippen molar-refractivity contribution in [3.63, 3.8) is 0 Å². The van der Waals surface area contributed by atoms with E-state index in [1.54, 1.807) is 31.5 Å². The number of ether oxygens (including phenoxy) is 3. The average Bonchev–Trinajstić information content (AvgIpc) is 2.58. The molecule has 5 nitrogen and oxygen atoms in total. The summed E-state index contributed by atoms with van der Waals surface area (Å²) in [5, 5.41) is 9.68. The number of rotatable bonds is 9. The summed E-state index contributed by atoms with van der Waals surface area (Å²) in [5.74, 6) is 0.978. The van der Waals surface area contributed by atoms with Gasteiger partial charge in [-0.2, -0.15) is 0 Å². The van der Waals surface area contributed by atoms with Crippen LogP contribution in [0.1, 0.15) is 5.56 Å². The van der Waals surface area contributed by atoms with Crippen molar-refractivity contribution < 1.29 is 19.3 Å². The van der Waals surface area contributed by atoms with Crippen molar-refractivity contribution >= 4 is 11.9 Å². The first-order valence-electron chi connectivity index (χ1n) is 7.41. The molecule has 2 aromatic carbocycles. The summed E-state index contributed by atoms with van der Waals surface area (Å²) in [6.45, 7) is 2.17. The number of hydrogen-bond acceptors (Lipinski definition) is 5. The van der Waals surface area contributed by atoms with E-state index in [1.807, 2.05) is 30.3 Å². The van der Waals surface area contributed by atoms with Crippen LogP contribution in [0.25, 0.3) is 0 Å². The van der Waals surface area contributed by atoms with E-state index in [0.29, 0.717) is 32.0 Å². The highest BCUT2D eigenvalue weighted by molar-refractivity contribution is 5.85. The fraction of sp³-hybridized carbons (Fsp3) is 0.278. The summed E-state index contributed by atoms with van der Waals surface area (Å²) >= 11 is 0. The zero-order chi connectivity index (χ0) is 16.3. The van der Waals surface area contributed by atoms with Gasteiger partial charge in [0.15, 0.2) is 0 Å². The lowest BCUT2D eigenvalue weighted by Gasteiger charge is -2.07. The molecule has 0 spiro atoms. The average molecular weight is 315 g/mol. The molecular weight excluding hydrogens is 294 g/mol. The third-order valence-corrected chi connectivity index (χ3v) is 3.05. The predicted octanol–water partition coefficient (Wildman–Crippen LogP) is 3.18. The highest BCUT2D eigenvalue weighted by Gasteiger charge is 1.97. The van der Waals surface area contributed by atoms with Crippen LogP contribution in [0.4, 0.5) is 5.69 Å². The van der Waals surface area contributed by atoms with Gasteiger partial charge in [-0.05, 0) is 36.4 Å². The van der Waals surface area contributed by atoms with Crippen molar-refractivity contribution in [2.24, 2.45) is 4.99 Å². The molecule has 0 fully saturated rings. The molecule has 2 aromatic rings. The molecule has 0 unspecified atom stereocenters. The van der Waals surface area contributed by atoms with E-state index in [0.717, 1.165) is 11.4 Å². The van der Waals surface area contributed by atoms with Crippen molar-refractivity contribution in [1.82, 2.24) is 0 Å². The molecule has 0 saturated heterocycles. The Bertz CT molecular complexity index is 611. The van der Waals surface area contributed by atoms with Gasteiger partial charge < -0.3 is 19.3 Å². The summed E-state index contributed by atoms with van der Waals surface area (Å²) in [4.78, 5) is 4.33. The van der Waals surface area contributed by atoms with Crippen LogP contribution < -0.4 is 4.74 Å². The van der Waals surface area contributed by atoms with Crippen LogP contribution in [0, 0.1) is 0 Å². The van der Waals surface area contributed by atoms with Gasteiger partial charge in [0, 0.05) is 18.9 Å². The third-order valence-electron chi connectivity index (χ3n) is 3.05. The first-order chi connectivity index (χ1) is 11.3. The molecule has 0 aliphatic carbocycles. The molecule has 0 aliphatic rings. The Hall–Kier alpha value is -2.37. The smallest absolute Gasteiger partial charge is 0.124 e. The van der Waals surface area contributed by atoms with Gasteiger partial charge in [0.05, 0.1) is 25.5 Å². The van der Waals surface area contributed by atoms with E-state index in [2.05, 4.69) is 4.99 Å². The van der Waals surface area contributed by atoms with Crippen LogP contribution in [0.15, 0.2) is 53.5 Å². The molecule has 0 heterocycles. The van der Waals surface area contributed by atoms with Crippen molar-refractivity contribution in [3.8, 4) is 11.5 Å². The van der Waals surface area contributed by atoms with Crippen LogP contribution in [-0.2, 0) is 9.47 Å². The van der Waals surface area contributed by atoms with E-state index in [1.165, 1.54) is 0 Å². The van der Waals surface area contributed by atoms with E-state index in [4.69, 9.17) is 14.2 Å². The molecule has 0 atom stereocenters. The lowest BCUT2D eigenvalue weighted by Crippen LogP contribution is -2.09. The molecule has 0 aliphatic heterocycles. The Morgan fingerprint density at radius 3 is 2.43 bits per heavy atom. The van der Waals surface area contributed by atoms with Crippen LogP contribution >= 0.6 is 0 Å². The van der Waals surface area contributed by atoms with Crippen LogP contribution in [0.5, 0.6) is 11.5 Å². The van der Waals surface area contributed by atoms with Gasteiger partial charge in [0.2, 0.25) is 0 Å². The van der Waals surface area contributed by atoms with Gasteiger partial charge in [0.1, 0.15) is 18.1 Å². The van der Waals surface area contributed by atoms with Gasteiger partial charge in [-0.1, -0.05) is 12.1 Å². The Morgan fingerprint density at radius 2 is 1.70 bits per heavy atom. The Kier molecular flexibility index (Phi) is 7.10. The number of methoxy groups -OCH3 is 1. The number of nitrogens with zero attached hydrogens (tertiary/aromatic N) is 1. The summed E-state index contributed by atoms with van der Waals surface area (Å²) in [6.07, 6.45) is 1.63.